The normalized spacial score (nSPS) is 11.6. The van der Waals surface area contributed by atoms with E-state index in [4.69, 9.17) is 5.11 Å². The zero-order valence-electron chi connectivity index (χ0n) is 14.7. The highest BCUT2D eigenvalue weighted by atomic mass is 19.4. The molecular formula is C19H16F3N3O3. The number of carbonyl (C=O) groups is 2. The SMILES string of the molecule is CCc1nc2ccc(C(F)(F)F)cn2c1C(=O)Nc1ccc(CC(=O)O)cc1. The van der Waals surface area contributed by atoms with Gasteiger partial charge in [-0.2, -0.15) is 13.2 Å². The van der Waals surface area contributed by atoms with Crippen LogP contribution in [0.3, 0.4) is 0 Å². The van der Waals surface area contributed by atoms with E-state index < -0.39 is 23.6 Å². The minimum Gasteiger partial charge on any atom is -0.481 e. The number of hydrogen-bond donors (Lipinski definition) is 2. The van der Waals surface area contributed by atoms with Crippen LogP contribution in [0.2, 0.25) is 0 Å². The summed E-state index contributed by atoms with van der Waals surface area (Å²) in [5.74, 6) is -1.58. The Kier molecular flexibility index (Phi) is 5.08. The maximum atomic E-state index is 13.0. The van der Waals surface area contributed by atoms with E-state index in [0.717, 1.165) is 16.7 Å². The number of amides is 1. The lowest BCUT2D eigenvalue weighted by Crippen LogP contribution is -2.17. The molecule has 0 saturated carbocycles. The predicted molar refractivity (Wildman–Crippen MR) is 95.3 cm³/mol. The fourth-order valence-corrected chi connectivity index (χ4v) is 2.82. The van der Waals surface area contributed by atoms with Gasteiger partial charge in [-0.05, 0) is 36.2 Å². The first-order valence-corrected chi connectivity index (χ1v) is 8.39. The topological polar surface area (TPSA) is 83.7 Å². The molecule has 2 aromatic heterocycles. The van der Waals surface area contributed by atoms with E-state index in [0.29, 0.717) is 23.4 Å². The lowest BCUT2D eigenvalue weighted by Gasteiger charge is -2.10. The first kappa shape index (κ1) is 19.4. The van der Waals surface area contributed by atoms with Gasteiger partial charge in [0.2, 0.25) is 0 Å². The van der Waals surface area contributed by atoms with Crippen LogP contribution in [-0.4, -0.2) is 26.4 Å². The Bertz CT molecular complexity index is 1040. The highest BCUT2D eigenvalue weighted by Crippen LogP contribution is 2.30. The molecule has 0 saturated heterocycles. The number of nitrogens with one attached hydrogen (secondary N) is 1. The molecule has 9 heteroatoms. The average molecular weight is 391 g/mol. The zero-order chi connectivity index (χ0) is 20.5. The van der Waals surface area contributed by atoms with E-state index >= 15 is 0 Å². The molecule has 0 spiro atoms. The number of hydrogen-bond acceptors (Lipinski definition) is 3. The van der Waals surface area contributed by atoms with Crippen molar-refractivity contribution in [3.05, 3.63) is 65.1 Å². The van der Waals surface area contributed by atoms with Crippen molar-refractivity contribution >= 4 is 23.2 Å². The molecule has 3 aromatic rings. The minimum atomic E-state index is -4.54. The highest BCUT2D eigenvalue weighted by molar-refractivity contribution is 6.04. The van der Waals surface area contributed by atoms with Gasteiger partial charge in [-0.1, -0.05) is 19.1 Å². The Morgan fingerprint density at radius 2 is 1.82 bits per heavy atom. The summed E-state index contributed by atoms with van der Waals surface area (Å²) in [7, 11) is 0. The van der Waals surface area contributed by atoms with Crippen molar-refractivity contribution in [3.8, 4) is 0 Å². The third kappa shape index (κ3) is 3.98. The molecule has 0 unspecified atom stereocenters. The van der Waals surface area contributed by atoms with Gasteiger partial charge in [0, 0.05) is 11.9 Å². The lowest BCUT2D eigenvalue weighted by atomic mass is 10.1. The van der Waals surface area contributed by atoms with E-state index in [1.165, 1.54) is 18.2 Å². The number of aliphatic carboxylic acids is 1. The van der Waals surface area contributed by atoms with Gasteiger partial charge in [-0.25, -0.2) is 4.98 Å². The molecule has 0 atom stereocenters. The molecule has 0 aliphatic rings. The number of pyridine rings is 1. The zero-order valence-corrected chi connectivity index (χ0v) is 14.7. The maximum absolute atomic E-state index is 13.0. The number of aromatic nitrogens is 2. The third-order valence-electron chi connectivity index (χ3n) is 4.14. The Morgan fingerprint density at radius 1 is 1.14 bits per heavy atom. The van der Waals surface area contributed by atoms with E-state index in [1.54, 1.807) is 19.1 Å². The van der Waals surface area contributed by atoms with Gasteiger partial charge in [0.25, 0.3) is 5.91 Å². The molecule has 0 radical (unpaired) electrons. The van der Waals surface area contributed by atoms with Crippen LogP contribution in [0, 0.1) is 0 Å². The first-order valence-electron chi connectivity index (χ1n) is 8.39. The van der Waals surface area contributed by atoms with Crippen LogP contribution >= 0.6 is 0 Å². The molecule has 1 aromatic carbocycles. The van der Waals surface area contributed by atoms with Crippen LogP contribution in [0.4, 0.5) is 18.9 Å². The lowest BCUT2D eigenvalue weighted by molar-refractivity contribution is -0.138. The molecule has 0 fully saturated rings. The van der Waals surface area contributed by atoms with Crippen molar-refractivity contribution in [1.29, 1.82) is 0 Å². The predicted octanol–water partition coefficient (Wildman–Crippen LogP) is 3.79. The number of carboxylic acids is 1. The smallest absolute Gasteiger partial charge is 0.417 e. The van der Waals surface area contributed by atoms with Crippen LogP contribution in [-0.2, 0) is 23.8 Å². The number of halogens is 3. The second-order valence-electron chi connectivity index (χ2n) is 6.13. The number of anilines is 1. The van der Waals surface area contributed by atoms with Crippen LogP contribution in [0.15, 0.2) is 42.6 Å². The Morgan fingerprint density at radius 3 is 2.39 bits per heavy atom. The Balaban J connectivity index is 1.95. The molecule has 2 N–H and O–H groups in total. The van der Waals surface area contributed by atoms with Crippen LogP contribution < -0.4 is 5.32 Å². The number of aryl methyl sites for hydroxylation is 1. The average Bonchev–Trinajstić information content (AvgIpc) is 3.00. The second-order valence-corrected chi connectivity index (χ2v) is 6.13. The summed E-state index contributed by atoms with van der Waals surface area (Å²) in [6.45, 7) is 1.75. The quantitative estimate of drug-likeness (QED) is 0.693. The van der Waals surface area contributed by atoms with E-state index in [2.05, 4.69) is 10.3 Å². The van der Waals surface area contributed by atoms with Crippen LogP contribution in [0.1, 0.15) is 34.2 Å². The van der Waals surface area contributed by atoms with Gasteiger partial charge >= 0.3 is 12.1 Å². The largest absolute Gasteiger partial charge is 0.481 e. The van der Waals surface area contributed by atoms with E-state index in [9.17, 15) is 22.8 Å². The number of alkyl halides is 3. The van der Waals surface area contributed by atoms with Gasteiger partial charge in [-0.3, -0.25) is 14.0 Å². The first-order chi connectivity index (χ1) is 13.2. The summed E-state index contributed by atoms with van der Waals surface area (Å²) < 4.78 is 40.2. The molecule has 0 aliphatic carbocycles. The van der Waals surface area contributed by atoms with Gasteiger partial charge in [0.15, 0.2) is 0 Å². The molecule has 0 aliphatic heterocycles. The molecular weight excluding hydrogens is 375 g/mol. The molecule has 2 heterocycles. The molecule has 28 heavy (non-hydrogen) atoms. The number of carboxylic acid groups (broad SMARTS) is 1. The standard InChI is InChI=1S/C19H16F3N3O3/c1-2-14-17(25-10-12(19(20,21)22)5-8-15(25)24-14)18(28)23-13-6-3-11(4-7-13)9-16(26)27/h3-8,10H,2,9H2,1H3,(H,23,28)(H,26,27). The fourth-order valence-electron chi connectivity index (χ4n) is 2.82. The summed E-state index contributed by atoms with van der Waals surface area (Å²) in [5, 5.41) is 11.4. The number of carbonyl (C=O) groups excluding carboxylic acids is 1. The number of fused-ring (bicyclic) bond motifs is 1. The Hall–Kier alpha value is -3.36. The van der Waals surface area contributed by atoms with Crippen molar-refractivity contribution < 1.29 is 27.9 Å². The number of benzene rings is 1. The summed E-state index contributed by atoms with van der Waals surface area (Å²) >= 11 is 0. The Labute approximate surface area is 157 Å². The van der Waals surface area contributed by atoms with Crippen molar-refractivity contribution in [3.63, 3.8) is 0 Å². The number of rotatable bonds is 5. The van der Waals surface area contributed by atoms with Crippen molar-refractivity contribution in [2.45, 2.75) is 25.9 Å². The van der Waals surface area contributed by atoms with Crippen molar-refractivity contribution in [1.82, 2.24) is 9.38 Å². The summed E-state index contributed by atoms with van der Waals surface area (Å²) in [6, 6.07) is 8.32. The summed E-state index contributed by atoms with van der Waals surface area (Å²) in [5.41, 5.74) is 0.712. The van der Waals surface area contributed by atoms with Crippen molar-refractivity contribution in [2.24, 2.45) is 0 Å². The van der Waals surface area contributed by atoms with Crippen LogP contribution in [0.25, 0.3) is 5.65 Å². The van der Waals surface area contributed by atoms with Gasteiger partial charge in [-0.15, -0.1) is 0 Å². The van der Waals surface area contributed by atoms with Gasteiger partial charge < -0.3 is 10.4 Å². The second kappa shape index (κ2) is 7.34. The van der Waals surface area contributed by atoms with Crippen molar-refractivity contribution in [2.75, 3.05) is 5.32 Å². The van der Waals surface area contributed by atoms with Gasteiger partial charge in [0.05, 0.1) is 17.7 Å². The summed E-state index contributed by atoms with van der Waals surface area (Å²) in [6.07, 6.45) is -3.48. The number of imidazole rings is 1. The monoisotopic (exact) mass is 391 g/mol. The molecule has 0 bridgehead atoms. The molecule has 6 nitrogen and oxygen atoms in total. The number of nitrogens with zero attached hydrogens (tertiary/aromatic N) is 2. The van der Waals surface area contributed by atoms with Crippen LogP contribution in [0.5, 0.6) is 0 Å². The third-order valence-corrected chi connectivity index (χ3v) is 4.14. The van der Waals surface area contributed by atoms with Gasteiger partial charge in [0.1, 0.15) is 11.3 Å². The van der Waals surface area contributed by atoms with E-state index in [1.807, 2.05) is 0 Å². The summed E-state index contributed by atoms with van der Waals surface area (Å²) in [4.78, 5) is 27.7. The molecule has 146 valence electrons. The highest BCUT2D eigenvalue weighted by Gasteiger charge is 2.31. The fraction of sp³-hybridized carbons (Fsp3) is 0.211. The maximum Gasteiger partial charge on any atom is 0.417 e. The minimum absolute atomic E-state index is 0.0261. The molecule has 3 rings (SSSR count). The van der Waals surface area contributed by atoms with E-state index in [-0.39, 0.29) is 17.8 Å². The molecule has 1 amide bonds.